The molecule has 1 aromatic heterocycles. The molecule has 4 rings (SSSR count). The van der Waals surface area contributed by atoms with E-state index in [2.05, 4.69) is 59.9 Å². The second-order valence-corrected chi connectivity index (χ2v) is 8.20. The number of halogens is 1. The van der Waals surface area contributed by atoms with Gasteiger partial charge in [0.2, 0.25) is 5.95 Å². The van der Waals surface area contributed by atoms with Gasteiger partial charge in [-0.3, -0.25) is 4.57 Å². The maximum atomic E-state index is 4.54. The van der Waals surface area contributed by atoms with Crippen molar-refractivity contribution in [2.24, 2.45) is 0 Å². The molecule has 1 aromatic carbocycles. The Balaban J connectivity index is 1.51. The molecule has 0 radical (unpaired) electrons. The molecule has 1 saturated carbocycles. The lowest BCUT2D eigenvalue weighted by atomic mass is 10.1. The summed E-state index contributed by atoms with van der Waals surface area (Å²) in [4.78, 5) is 2.43. The number of benzene rings is 1. The monoisotopic (exact) mass is 392 g/mol. The average molecular weight is 393 g/mol. The van der Waals surface area contributed by atoms with E-state index in [1.54, 1.807) is 11.8 Å². The molecule has 0 spiro atoms. The van der Waals surface area contributed by atoms with Gasteiger partial charge in [0.1, 0.15) is 0 Å². The minimum Gasteiger partial charge on any atom is -0.341 e. The second kappa shape index (κ2) is 6.85. The van der Waals surface area contributed by atoms with E-state index in [1.165, 1.54) is 37.7 Å². The summed E-state index contributed by atoms with van der Waals surface area (Å²) in [6, 6.07) is 9.15. The lowest BCUT2D eigenvalue weighted by Gasteiger charge is -2.27. The highest BCUT2D eigenvalue weighted by molar-refractivity contribution is 9.10. The van der Waals surface area contributed by atoms with Crippen molar-refractivity contribution in [3.8, 4) is 0 Å². The number of thioether (sulfide) groups is 1. The fourth-order valence-electron chi connectivity index (χ4n) is 3.06. The molecule has 0 unspecified atom stereocenters. The second-order valence-electron chi connectivity index (χ2n) is 6.35. The topological polar surface area (TPSA) is 34.0 Å². The summed E-state index contributed by atoms with van der Waals surface area (Å²) in [7, 11) is 0. The van der Waals surface area contributed by atoms with Gasteiger partial charge in [0, 0.05) is 29.4 Å². The Morgan fingerprint density at radius 3 is 2.48 bits per heavy atom. The number of hydrogen-bond donors (Lipinski definition) is 0. The average Bonchev–Trinajstić information content (AvgIpc) is 3.34. The van der Waals surface area contributed by atoms with Gasteiger partial charge in [0.25, 0.3) is 0 Å². The summed E-state index contributed by atoms with van der Waals surface area (Å²) in [5.41, 5.74) is 1.32. The van der Waals surface area contributed by atoms with E-state index in [0.29, 0.717) is 6.04 Å². The lowest BCUT2D eigenvalue weighted by molar-refractivity contribution is 0.548. The van der Waals surface area contributed by atoms with E-state index >= 15 is 0 Å². The smallest absolute Gasteiger partial charge is 0.228 e. The van der Waals surface area contributed by atoms with Gasteiger partial charge in [0.05, 0.1) is 0 Å². The van der Waals surface area contributed by atoms with Crippen molar-refractivity contribution in [1.82, 2.24) is 14.8 Å². The van der Waals surface area contributed by atoms with Crippen LogP contribution in [0.25, 0.3) is 0 Å². The standard InChI is InChI=1S/C17H21BrN4S/c18-14-6-4-13(5-7-14)12-23-17-20-19-16(22(17)15-8-9-15)21-10-2-1-3-11-21/h4-7,15H,1-3,8-12H2. The van der Waals surface area contributed by atoms with E-state index < -0.39 is 0 Å². The zero-order valence-electron chi connectivity index (χ0n) is 13.1. The fraction of sp³-hybridized carbons (Fsp3) is 0.529. The zero-order valence-corrected chi connectivity index (χ0v) is 15.5. The van der Waals surface area contributed by atoms with E-state index in [9.17, 15) is 0 Å². The highest BCUT2D eigenvalue weighted by atomic mass is 79.9. The molecule has 23 heavy (non-hydrogen) atoms. The quantitative estimate of drug-likeness (QED) is 0.692. The van der Waals surface area contributed by atoms with Crippen LogP contribution in [-0.2, 0) is 5.75 Å². The van der Waals surface area contributed by atoms with Gasteiger partial charge in [-0.2, -0.15) is 0 Å². The van der Waals surface area contributed by atoms with Crippen LogP contribution in [0, 0.1) is 0 Å². The highest BCUT2D eigenvalue weighted by Gasteiger charge is 2.31. The van der Waals surface area contributed by atoms with Crippen molar-refractivity contribution in [2.45, 2.75) is 49.1 Å². The Hall–Kier alpha value is -1.01. The van der Waals surface area contributed by atoms with Gasteiger partial charge >= 0.3 is 0 Å². The minimum absolute atomic E-state index is 0.620. The van der Waals surface area contributed by atoms with Gasteiger partial charge in [-0.1, -0.05) is 39.8 Å². The van der Waals surface area contributed by atoms with Crippen LogP contribution in [0.5, 0.6) is 0 Å². The van der Waals surface area contributed by atoms with Crippen LogP contribution in [0.15, 0.2) is 33.9 Å². The molecular formula is C17H21BrN4S. The Labute approximate surface area is 149 Å². The van der Waals surface area contributed by atoms with Crippen molar-refractivity contribution in [3.63, 3.8) is 0 Å². The molecule has 0 atom stereocenters. The van der Waals surface area contributed by atoms with Crippen LogP contribution in [0.2, 0.25) is 0 Å². The van der Waals surface area contributed by atoms with Gasteiger partial charge in [-0.25, -0.2) is 0 Å². The first-order valence-corrected chi connectivity index (χ1v) is 10.2. The minimum atomic E-state index is 0.620. The summed E-state index contributed by atoms with van der Waals surface area (Å²) in [6.07, 6.45) is 6.44. The summed E-state index contributed by atoms with van der Waals surface area (Å²) in [5, 5.41) is 10.1. The first kappa shape index (κ1) is 15.5. The van der Waals surface area contributed by atoms with Gasteiger partial charge in [-0.15, -0.1) is 10.2 Å². The highest BCUT2D eigenvalue weighted by Crippen LogP contribution is 2.41. The number of aromatic nitrogens is 3. The third kappa shape index (κ3) is 3.58. The van der Waals surface area contributed by atoms with E-state index in [1.807, 2.05) is 0 Å². The molecule has 2 fully saturated rings. The predicted molar refractivity (Wildman–Crippen MR) is 98.1 cm³/mol. The molecule has 4 nitrogen and oxygen atoms in total. The molecule has 122 valence electrons. The summed E-state index contributed by atoms with van der Waals surface area (Å²) in [5.74, 6) is 2.04. The molecule has 2 aliphatic rings. The Bertz CT molecular complexity index is 660. The first-order chi connectivity index (χ1) is 11.3. The number of hydrogen-bond acceptors (Lipinski definition) is 4. The summed E-state index contributed by atoms with van der Waals surface area (Å²) < 4.78 is 3.52. The van der Waals surface area contributed by atoms with Crippen LogP contribution in [0.3, 0.4) is 0 Å². The molecule has 1 aliphatic carbocycles. The molecule has 6 heteroatoms. The van der Waals surface area contributed by atoms with Gasteiger partial charge < -0.3 is 4.90 Å². The van der Waals surface area contributed by atoms with Gasteiger partial charge in [-0.05, 0) is 49.8 Å². The molecule has 1 saturated heterocycles. The SMILES string of the molecule is Brc1ccc(CSc2nnc(N3CCCCC3)n2C2CC2)cc1. The van der Waals surface area contributed by atoms with Crippen molar-refractivity contribution in [1.29, 1.82) is 0 Å². The van der Waals surface area contributed by atoms with Crippen molar-refractivity contribution in [3.05, 3.63) is 34.3 Å². The van der Waals surface area contributed by atoms with E-state index in [-0.39, 0.29) is 0 Å². The van der Waals surface area contributed by atoms with Crippen molar-refractivity contribution in [2.75, 3.05) is 18.0 Å². The lowest BCUT2D eigenvalue weighted by Crippen LogP contribution is -2.31. The number of anilines is 1. The Kier molecular flexibility index (Phi) is 4.62. The molecular weight excluding hydrogens is 372 g/mol. The molecule has 1 aliphatic heterocycles. The van der Waals surface area contributed by atoms with Crippen molar-refractivity contribution >= 4 is 33.6 Å². The molecule has 0 N–H and O–H groups in total. The maximum Gasteiger partial charge on any atom is 0.228 e. The zero-order chi connectivity index (χ0) is 15.6. The largest absolute Gasteiger partial charge is 0.341 e. The van der Waals surface area contributed by atoms with E-state index in [4.69, 9.17) is 0 Å². The summed E-state index contributed by atoms with van der Waals surface area (Å²) >= 11 is 5.30. The molecule has 0 amide bonds. The normalized spacial score (nSPS) is 18.4. The Morgan fingerprint density at radius 1 is 1.04 bits per heavy atom. The van der Waals surface area contributed by atoms with E-state index in [0.717, 1.165) is 34.4 Å². The first-order valence-electron chi connectivity index (χ1n) is 8.38. The van der Waals surface area contributed by atoms with Crippen LogP contribution in [0.1, 0.15) is 43.7 Å². The van der Waals surface area contributed by atoms with Crippen LogP contribution in [0.4, 0.5) is 5.95 Å². The molecule has 2 heterocycles. The molecule has 0 bridgehead atoms. The number of piperidine rings is 1. The number of nitrogens with zero attached hydrogens (tertiary/aromatic N) is 4. The third-order valence-electron chi connectivity index (χ3n) is 4.48. The fourth-order valence-corrected chi connectivity index (χ4v) is 4.28. The Morgan fingerprint density at radius 2 is 1.78 bits per heavy atom. The maximum absolute atomic E-state index is 4.54. The van der Waals surface area contributed by atoms with Crippen LogP contribution < -0.4 is 4.90 Å². The predicted octanol–water partition coefficient (Wildman–Crippen LogP) is 4.66. The van der Waals surface area contributed by atoms with Crippen LogP contribution >= 0.6 is 27.7 Å². The van der Waals surface area contributed by atoms with Gasteiger partial charge in [0.15, 0.2) is 5.16 Å². The summed E-state index contributed by atoms with van der Waals surface area (Å²) in [6.45, 7) is 2.25. The van der Waals surface area contributed by atoms with Crippen molar-refractivity contribution < 1.29 is 0 Å². The number of rotatable bonds is 5. The molecule has 2 aromatic rings. The van der Waals surface area contributed by atoms with Crippen LogP contribution in [-0.4, -0.2) is 27.9 Å². The third-order valence-corrected chi connectivity index (χ3v) is 6.02.